The quantitative estimate of drug-likeness (QED) is 0.182. The lowest BCUT2D eigenvalue weighted by atomic mass is 9.99. The maximum Gasteiger partial charge on any atom is 0.135 e. The summed E-state index contributed by atoms with van der Waals surface area (Å²) in [6, 6.07) is 61.9. The molecule has 4 heteroatoms. The van der Waals surface area contributed by atoms with Crippen LogP contribution < -0.4 is 0 Å². The zero-order valence-electron chi connectivity index (χ0n) is 27.9. The Balaban J connectivity index is 1.20. The lowest BCUT2D eigenvalue weighted by Crippen LogP contribution is -1.98. The Morgan fingerprint density at radius 2 is 0.846 bits per heavy atom. The molecule has 12 rings (SSSR count). The van der Waals surface area contributed by atoms with E-state index in [-0.39, 0.29) is 0 Å². The molecule has 0 radical (unpaired) electrons. The van der Waals surface area contributed by atoms with Gasteiger partial charge in [-0.3, -0.25) is 0 Å². The molecule has 0 unspecified atom stereocenters. The molecule has 0 amide bonds. The number of fused-ring (bicyclic) bond motifs is 12. The van der Waals surface area contributed by atoms with E-state index >= 15 is 0 Å². The first-order valence-electron chi connectivity index (χ1n) is 17.7. The molecule has 242 valence electrons. The minimum absolute atomic E-state index is 0.899. The Bertz CT molecular complexity index is 3200. The van der Waals surface area contributed by atoms with Gasteiger partial charge in [-0.1, -0.05) is 109 Å². The molecule has 0 saturated carbocycles. The lowest BCUT2D eigenvalue weighted by Gasteiger charge is -2.15. The van der Waals surface area contributed by atoms with E-state index < -0.39 is 0 Å². The second-order valence-corrected chi connectivity index (χ2v) is 14.7. The van der Waals surface area contributed by atoms with Gasteiger partial charge in [-0.05, 0) is 60.7 Å². The Morgan fingerprint density at radius 1 is 0.346 bits per heavy atom. The van der Waals surface area contributed by atoms with Gasteiger partial charge in [-0.15, -0.1) is 11.3 Å². The van der Waals surface area contributed by atoms with Crippen LogP contribution in [0.2, 0.25) is 0 Å². The third kappa shape index (κ3) is 3.79. The van der Waals surface area contributed by atoms with Crippen molar-refractivity contribution < 1.29 is 4.42 Å². The largest absolute Gasteiger partial charge is 0.456 e. The van der Waals surface area contributed by atoms with E-state index in [0.717, 1.165) is 27.6 Å². The molecular formula is C48H28N2OS. The van der Waals surface area contributed by atoms with Crippen molar-refractivity contribution in [3.63, 3.8) is 0 Å². The molecule has 0 spiro atoms. The van der Waals surface area contributed by atoms with Crippen LogP contribution in [0.25, 0.3) is 108 Å². The topological polar surface area (TPSA) is 23.0 Å². The minimum Gasteiger partial charge on any atom is -0.456 e. The molecule has 0 aliphatic heterocycles. The monoisotopic (exact) mass is 680 g/mol. The summed E-state index contributed by atoms with van der Waals surface area (Å²) in [5, 5.41) is 9.82. The molecule has 0 fully saturated rings. The Labute approximate surface area is 301 Å². The first-order valence-corrected chi connectivity index (χ1v) is 18.5. The van der Waals surface area contributed by atoms with Gasteiger partial charge in [-0.2, -0.15) is 0 Å². The third-order valence-corrected chi connectivity index (χ3v) is 12.1. The molecule has 4 aromatic heterocycles. The molecule has 0 aliphatic rings. The second-order valence-electron chi connectivity index (χ2n) is 13.7. The lowest BCUT2D eigenvalue weighted by molar-refractivity contribution is 0.669. The fraction of sp³-hybridized carbons (Fsp3) is 0. The molecule has 4 heterocycles. The predicted molar refractivity (Wildman–Crippen MR) is 221 cm³/mol. The van der Waals surface area contributed by atoms with E-state index in [1.807, 2.05) is 23.5 Å². The van der Waals surface area contributed by atoms with Crippen molar-refractivity contribution in [1.82, 2.24) is 9.13 Å². The molecule has 0 saturated heterocycles. The van der Waals surface area contributed by atoms with Crippen LogP contribution in [0.15, 0.2) is 174 Å². The van der Waals surface area contributed by atoms with Gasteiger partial charge < -0.3 is 13.6 Å². The summed E-state index contributed by atoms with van der Waals surface area (Å²) in [5.74, 6) is 0. The maximum atomic E-state index is 6.26. The van der Waals surface area contributed by atoms with E-state index in [9.17, 15) is 0 Å². The molecular weight excluding hydrogens is 653 g/mol. The van der Waals surface area contributed by atoms with Gasteiger partial charge in [-0.25, -0.2) is 0 Å². The first-order chi connectivity index (χ1) is 25.8. The summed E-state index contributed by atoms with van der Waals surface area (Å²) < 4.78 is 13.8. The number of aromatic nitrogens is 2. The average molecular weight is 681 g/mol. The smallest absolute Gasteiger partial charge is 0.135 e. The highest BCUT2D eigenvalue weighted by Crippen LogP contribution is 2.44. The summed E-state index contributed by atoms with van der Waals surface area (Å²) in [7, 11) is 0. The molecule has 0 bridgehead atoms. The fourth-order valence-electron chi connectivity index (χ4n) is 8.71. The molecule has 52 heavy (non-hydrogen) atoms. The van der Waals surface area contributed by atoms with Crippen LogP contribution in [-0.4, -0.2) is 9.13 Å². The van der Waals surface area contributed by atoms with Crippen molar-refractivity contribution >= 4 is 97.1 Å². The molecule has 12 aromatic rings. The third-order valence-electron chi connectivity index (χ3n) is 10.9. The molecule has 3 nitrogen and oxygen atoms in total. The summed E-state index contributed by atoms with van der Waals surface area (Å²) >= 11 is 1.86. The van der Waals surface area contributed by atoms with E-state index in [1.165, 1.54) is 80.6 Å². The zero-order chi connectivity index (χ0) is 33.9. The number of hydrogen-bond donors (Lipinski definition) is 0. The van der Waals surface area contributed by atoms with Crippen molar-refractivity contribution in [2.24, 2.45) is 0 Å². The Morgan fingerprint density at radius 3 is 1.54 bits per heavy atom. The van der Waals surface area contributed by atoms with Gasteiger partial charge in [0.1, 0.15) is 11.2 Å². The number of furan rings is 1. The van der Waals surface area contributed by atoms with Crippen LogP contribution in [0, 0.1) is 0 Å². The van der Waals surface area contributed by atoms with E-state index in [2.05, 4.69) is 167 Å². The predicted octanol–water partition coefficient (Wildman–Crippen LogP) is 13.8. The van der Waals surface area contributed by atoms with Crippen molar-refractivity contribution in [3.8, 4) is 22.5 Å². The zero-order valence-corrected chi connectivity index (χ0v) is 28.7. The Kier molecular flexibility index (Phi) is 5.65. The van der Waals surface area contributed by atoms with E-state index in [4.69, 9.17) is 4.42 Å². The summed E-state index contributed by atoms with van der Waals surface area (Å²) in [6.45, 7) is 0. The summed E-state index contributed by atoms with van der Waals surface area (Å²) in [6.07, 6.45) is 0. The number of hydrogen-bond acceptors (Lipinski definition) is 2. The van der Waals surface area contributed by atoms with Crippen molar-refractivity contribution in [3.05, 3.63) is 170 Å². The maximum absolute atomic E-state index is 6.26. The SMILES string of the molecule is c1ccc2c(c1)oc1ccc(-n3c4ccccc4c4cccc(-c5cccc6c7ccccc7n(-c7ccc8sc9ccccc9c8c7)c56)c43)cc12. The van der Waals surface area contributed by atoms with Crippen LogP contribution >= 0.6 is 11.3 Å². The van der Waals surface area contributed by atoms with Gasteiger partial charge in [0.2, 0.25) is 0 Å². The van der Waals surface area contributed by atoms with Crippen molar-refractivity contribution in [2.75, 3.05) is 0 Å². The average Bonchev–Trinajstić information content (AvgIpc) is 3.95. The Hall–Kier alpha value is -6.62. The van der Waals surface area contributed by atoms with Crippen molar-refractivity contribution in [1.29, 1.82) is 0 Å². The molecule has 0 aliphatic carbocycles. The van der Waals surface area contributed by atoms with Gasteiger partial charge >= 0.3 is 0 Å². The number of benzene rings is 8. The highest BCUT2D eigenvalue weighted by atomic mass is 32.1. The summed E-state index contributed by atoms with van der Waals surface area (Å²) in [4.78, 5) is 0. The summed E-state index contributed by atoms with van der Waals surface area (Å²) in [5.41, 5.74) is 11.3. The minimum atomic E-state index is 0.899. The van der Waals surface area contributed by atoms with Gasteiger partial charge in [0.15, 0.2) is 0 Å². The van der Waals surface area contributed by atoms with Crippen LogP contribution in [0.5, 0.6) is 0 Å². The van der Waals surface area contributed by atoms with Crippen molar-refractivity contribution in [2.45, 2.75) is 0 Å². The normalized spacial score (nSPS) is 12.2. The first kappa shape index (κ1) is 28.1. The van der Waals surface area contributed by atoms with Crippen LogP contribution in [-0.2, 0) is 0 Å². The number of rotatable bonds is 3. The van der Waals surface area contributed by atoms with E-state index in [1.54, 1.807) is 0 Å². The molecule has 8 aromatic carbocycles. The van der Waals surface area contributed by atoms with Gasteiger partial charge in [0, 0.05) is 75.0 Å². The number of para-hydroxylation sites is 5. The number of nitrogens with zero attached hydrogens (tertiary/aromatic N) is 2. The van der Waals surface area contributed by atoms with Gasteiger partial charge in [0.05, 0.1) is 22.1 Å². The highest BCUT2D eigenvalue weighted by molar-refractivity contribution is 7.25. The second kappa shape index (κ2) is 10.5. The van der Waals surface area contributed by atoms with Crippen LogP contribution in [0.1, 0.15) is 0 Å². The number of thiophene rings is 1. The molecule has 0 atom stereocenters. The fourth-order valence-corrected chi connectivity index (χ4v) is 9.80. The van der Waals surface area contributed by atoms with Crippen LogP contribution in [0.3, 0.4) is 0 Å². The standard InChI is InChI=1S/C48H28N2OS/c1-5-19-41-31(11-1)35-15-9-17-37(47(35)49(41)29-23-25-44-39(27-29)33-13-3-7-21-43(33)51-44)38-18-10-16-36-32-12-2-6-20-42(32)50(48(36)38)30-24-26-46-40(28-30)34-14-4-8-22-45(34)52-46/h1-28H. The highest BCUT2D eigenvalue weighted by Gasteiger charge is 2.22. The molecule has 0 N–H and O–H groups in total. The van der Waals surface area contributed by atoms with Gasteiger partial charge in [0.25, 0.3) is 0 Å². The van der Waals surface area contributed by atoms with E-state index in [0.29, 0.717) is 0 Å². The van der Waals surface area contributed by atoms with Crippen LogP contribution in [0.4, 0.5) is 0 Å².